The predicted molar refractivity (Wildman–Crippen MR) is 36.7 cm³/mol. The second kappa shape index (κ2) is 6.01. The van der Waals surface area contributed by atoms with E-state index >= 15 is 0 Å². The highest BCUT2D eigenvalue weighted by Crippen LogP contribution is 1.92. The Labute approximate surface area is 59.4 Å². The number of carboxylic acid groups (broad SMARTS) is 1. The minimum atomic E-state index is -0.939. The lowest BCUT2D eigenvalue weighted by Crippen LogP contribution is -1.85. The molecule has 0 aliphatic carbocycles. The number of carbonyl (C=O) groups excluding carboxylic acids is 1. The van der Waals surface area contributed by atoms with Crippen molar-refractivity contribution >= 4 is 12.3 Å². The quantitative estimate of drug-likeness (QED) is 0.354. The summed E-state index contributed by atoms with van der Waals surface area (Å²) in [5, 5.41) is 8.11. The number of hydrogen-bond acceptors (Lipinski definition) is 2. The van der Waals surface area contributed by atoms with Gasteiger partial charge in [0.05, 0.1) is 0 Å². The molecule has 0 spiro atoms. The lowest BCUT2D eigenvalue weighted by Gasteiger charge is -1.84. The van der Waals surface area contributed by atoms with Crippen molar-refractivity contribution in [2.45, 2.75) is 19.3 Å². The SMILES string of the molecule is O=CCCCC=CC(=O)O. The second-order valence-corrected chi connectivity index (χ2v) is 1.84. The minimum Gasteiger partial charge on any atom is -0.478 e. The van der Waals surface area contributed by atoms with Crippen LogP contribution in [0.25, 0.3) is 0 Å². The molecule has 0 heterocycles. The average Bonchev–Trinajstić information content (AvgIpc) is 1.87. The molecule has 0 aliphatic heterocycles. The lowest BCUT2D eigenvalue weighted by atomic mass is 10.2. The van der Waals surface area contributed by atoms with Crippen LogP contribution in [0.4, 0.5) is 0 Å². The molecule has 3 nitrogen and oxygen atoms in total. The molecule has 0 aromatic carbocycles. The summed E-state index contributed by atoms with van der Waals surface area (Å²) in [6, 6.07) is 0. The van der Waals surface area contributed by atoms with Gasteiger partial charge in [-0.05, 0) is 12.8 Å². The van der Waals surface area contributed by atoms with Crippen molar-refractivity contribution in [1.82, 2.24) is 0 Å². The first-order chi connectivity index (χ1) is 4.77. The number of allylic oxidation sites excluding steroid dienone is 1. The van der Waals surface area contributed by atoms with Gasteiger partial charge < -0.3 is 9.90 Å². The fraction of sp³-hybridized carbons (Fsp3) is 0.429. The zero-order chi connectivity index (χ0) is 7.82. The molecule has 0 amide bonds. The smallest absolute Gasteiger partial charge is 0.327 e. The summed E-state index contributed by atoms with van der Waals surface area (Å²) in [4.78, 5) is 19.6. The van der Waals surface area contributed by atoms with E-state index in [2.05, 4.69) is 0 Å². The van der Waals surface area contributed by atoms with E-state index in [1.54, 1.807) is 6.08 Å². The van der Waals surface area contributed by atoms with Crippen molar-refractivity contribution in [3.63, 3.8) is 0 Å². The molecule has 10 heavy (non-hydrogen) atoms. The van der Waals surface area contributed by atoms with Crippen LogP contribution in [0.15, 0.2) is 12.2 Å². The van der Waals surface area contributed by atoms with Crippen LogP contribution >= 0.6 is 0 Å². The maximum Gasteiger partial charge on any atom is 0.327 e. The fourth-order valence-electron chi connectivity index (χ4n) is 0.503. The van der Waals surface area contributed by atoms with E-state index in [0.717, 1.165) is 18.8 Å². The molecule has 0 saturated heterocycles. The minimum absolute atomic E-state index is 0.504. The molecule has 0 fully saturated rings. The fourth-order valence-corrected chi connectivity index (χ4v) is 0.503. The summed E-state index contributed by atoms with van der Waals surface area (Å²) in [5.41, 5.74) is 0. The average molecular weight is 142 g/mol. The Morgan fingerprint density at radius 1 is 1.40 bits per heavy atom. The maximum absolute atomic E-state index is 9.88. The Hall–Kier alpha value is -1.12. The highest BCUT2D eigenvalue weighted by Gasteiger charge is 1.84. The molecule has 0 aliphatic rings. The number of aliphatic carboxylic acids is 1. The largest absolute Gasteiger partial charge is 0.478 e. The molecule has 0 atom stereocenters. The number of rotatable bonds is 5. The van der Waals surface area contributed by atoms with Gasteiger partial charge in [-0.1, -0.05) is 6.08 Å². The zero-order valence-electron chi connectivity index (χ0n) is 5.62. The van der Waals surface area contributed by atoms with Gasteiger partial charge in [-0.3, -0.25) is 0 Å². The lowest BCUT2D eigenvalue weighted by molar-refractivity contribution is -0.131. The van der Waals surface area contributed by atoms with Crippen LogP contribution in [0.3, 0.4) is 0 Å². The normalized spacial score (nSPS) is 10.0. The summed E-state index contributed by atoms with van der Waals surface area (Å²) in [7, 11) is 0. The van der Waals surface area contributed by atoms with E-state index in [1.807, 2.05) is 0 Å². The Kier molecular flexibility index (Phi) is 5.33. The van der Waals surface area contributed by atoms with Gasteiger partial charge in [-0.25, -0.2) is 4.79 Å². The van der Waals surface area contributed by atoms with Crippen LogP contribution in [0.5, 0.6) is 0 Å². The molecule has 0 rings (SSSR count). The van der Waals surface area contributed by atoms with Crippen molar-refractivity contribution in [3.05, 3.63) is 12.2 Å². The summed E-state index contributed by atoms with van der Waals surface area (Å²) < 4.78 is 0. The van der Waals surface area contributed by atoms with Gasteiger partial charge >= 0.3 is 5.97 Å². The molecular weight excluding hydrogens is 132 g/mol. The standard InChI is InChI=1S/C7H10O3/c8-6-4-2-1-3-5-7(9)10/h3,5-6H,1-2,4H2,(H,9,10). The first-order valence-corrected chi connectivity index (χ1v) is 3.10. The number of unbranched alkanes of at least 4 members (excludes halogenated alkanes) is 2. The highest BCUT2D eigenvalue weighted by molar-refractivity contribution is 5.79. The third-order valence-corrected chi connectivity index (χ3v) is 0.953. The Bertz CT molecular complexity index is 138. The second-order valence-electron chi connectivity index (χ2n) is 1.84. The van der Waals surface area contributed by atoms with Gasteiger partial charge in [0, 0.05) is 12.5 Å². The van der Waals surface area contributed by atoms with Crippen molar-refractivity contribution in [2.75, 3.05) is 0 Å². The number of carboxylic acids is 1. The topological polar surface area (TPSA) is 54.4 Å². The Morgan fingerprint density at radius 2 is 2.10 bits per heavy atom. The summed E-state index contributed by atoms with van der Waals surface area (Å²) >= 11 is 0. The summed E-state index contributed by atoms with van der Waals surface area (Å²) in [6.45, 7) is 0. The van der Waals surface area contributed by atoms with Gasteiger partial charge in [0.15, 0.2) is 0 Å². The maximum atomic E-state index is 9.88. The van der Waals surface area contributed by atoms with E-state index in [4.69, 9.17) is 5.11 Å². The first-order valence-electron chi connectivity index (χ1n) is 3.10. The van der Waals surface area contributed by atoms with Gasteiger partial charge in [0.25, 0.3) is 0 Å². The Balaban J connectivity index is 3.18. The third kappa shape index (κ3) is 6.88. The monoisotopic (exact) mass is 142 g/mol. The molecule has 1 N–H and O–H groups in total. The van der Waals surface area contributed by atoms with Crippen molar-refractivity contribution < 1.29 is 14.7 Å². The van der Waals surface area contributed by atoms with Gasteiger partial charge in [0.1, 0.15) is 6.29 Å². The van der Waals surface area contributed by atoms with Crippen LogP contribution in [0, 0.1) is 0 Å². The molecule has 0 bridgehead atoms. The predicted octanol–water partition coefficient (Wildman–Crippen LogP) is 0.996. The molecular formula is C7H10O3. The van der Waals surface area contributed by atoms with Crippen LogP contribution in [-0.4, -0.2) is 17.4 Å². The molecule has 0 aromatic heterocycles. The first kappa shape index (κ1) is 8.88. The Morgan fingerprint density at radius 3 is 2.60 bits per heavy atom. The molecule has 0 unspecified atom stereocenters. The zero-order valence-corrected chi connectivity index (χ0v) is 5.62. The van der Waals surface area contributed by atoms with Gasteiger partial charge in [-0.15, -0.1) is 0 Å². The molecule has 0 radical (unpaired) electrons. The molecule has 0 aromatic rings. The van der Waals surface area contributed by atoms with Gasteiger partial charge in [-0.2, -0.15) is 0 Å². The molecule has 0 saturated carbocycles. The number of hydrogen-bond donors (Lipinski definition) is 1. The number of carbonyl (C=O) groups is 2. The van der Waals surface area contributed by atoms with Crippen molar-refractivity contribution in [2.24, 2.45) is 0 Å². The summed E-state index contributed by atoms with van der Waals surface area (Å²) in [6.07, 6.45) is 5.35. The van der Waals surface area contributed by atoms with E-state index in [-0.39, 0.29) is 0 Å². The van der Waals surface area contributed by atoms with E-state index in [0.29, 0.717) is 12.8 Å². The van der Waals surface area contributed by atoms with Crippen molar-refractivity contribution in [3.8, 4) is 0 Å². The third-order valence-electron chi connectivity index (χ3n) is 0.953. The molecule has 3 heteroatoms. The van der Waals surface area contributed by atoms with Crippen LogP contribution in [0.2, 0.25) is 0 Å². The molecule has 56 valence electrons. The van der Waals surface area contributed by atoms with E-state index in [9.17, 15) is 9.59 Å². The van der Waals surface area contributed by atoms with Crippen molar-refractivity contribution in [1.29, 1.82) is 0 Å². The van der Waals surface area contributed by atoms with Gasteiger partial charge in [0.2, 0.25) is 0 Å². The van der Waals surface area contributed by atoms with E-state index in [1.165, 1.54) is 0 Å². The van der Waals surface area contributed by atoms with Crippen LogP contribution in [-0.2, 0) is 9.59 Å². The van der Waals surface area contributed by atoms with Crippen LogP contribution < -0.4 is 0 Å². The number of aldehydes is 1. The highest BCUT2D eigenvalue weighted by atomic mass is 16.4. The summed E-state index contributed by atoms with van der Waals surface area (Å²) in [5.74, 6) is -0.939. The van der Waals surface area contributed by atoms with Crippen LogP contribution in [0.1, 0.15) is 19.3 Å². The van der Waals surface area contributed by atoms with E-state index < -0.39 is 5.97 Å².